The molecule has 1 saturated heterocycles. The summed E-state index contributed by atoms with van der Waals surface area (Å²) < 4.78 is 7.87. The Morgan fingerprint density at radius 3 is 2.59 bits per heavy atom. The van der Waals surface area contributed by atoms with Crippen molar-refractivity contribution in [2.45, 2.75) is 51.0 Å². The predicted octanol–water partition coefficient (Wildman–Crippen LogP) is 4.46. The maximum Gasteiger partial charge on any atom is 0.255 e. The Bertz CT molecular complexity index is 674. The SMILES string of the molecule is CCCSN1CCN(C2(CNC(=O)c3ccc(Cl)cc3OC)CCCCC2)CC1. The molecule has 0 radical (unpaired) electrons. The minimum absolute atomic E-state index is 0.0785. The van der Waals surface area contributed by atoms with Gasteiger partial charge in [-0.1, -0.05) is 49.7 Å². The van der Waals surface area contributed by atoms with Gasteiger partial charge >= 0.3 is 0 Å². The molecule has 0 unspecified atom stereocenters. The first kappa shape index (κ1) is 22.7. The van der Waals surface area contributed by atoms with Crippen LogP contribution in [0.25, 0.3) is 0 Å². The van der Waals surface area contributed by atoms with Gasteiger partial charge in [0.1, 0.15) is 5.75 Å². The van der Waals surface area contributed by atoms with Crippen LogP contribution in [-0.4, -0.2) is 66.2 Å². The van der Waals surface area contributed by atoms with Gasteiger partial charge in [-0.2, -0.15) is 0 Å². The highest BCUT2D eigenvalue weighted by molar-refractivity contribution is 7.97. The number of piperazine rings is 1. The van der Waals surface area contributed by atoms with Crippen molar-refractivity contribution in [1.29, 1.82) is 0 Å². The van der Waals surface area contributed by atoms with Crippen molar-refractivity contribution in [1.82, 2.24) is 14.5 Å². The molecule has 1 aromatic rings. The maximum absolute atomic E-state index is 12.9. The van der Waals surface area contributed by atoms with Crippen molar-refractivity contribution in [2.75, 3.05) is 45.6 Å². The molecule has 162 valence electrons. The molecular formula is C22H34ClN3O2S. The lowest BCUT2D eigenvalue weighted by atomic mass is 9.79. The summed E-state index contributed by atoms with van der Waals surface area (Å²) >= 11 is 8.02. The van der Waals surface area contributed by atoms with Gasteiger partial charge in [0.15, 0.2) is 0 Å². The van der Waals surface area contributed by atoms with E-state index in [1.165, 1.54) is 31.4 Å². The lowest BCUT2D eigenvalue weighted by Crippen LogP contribution is -2.61. The number of carbonyl (C=O) groups is 1. The molecule has 1 aromatic carbocycles. The van der Waals surface area contributed by atoms with Crippen LogP contribution in [0.3, 0.4) is 0 Å². The van der Waals surface area contributed by atoms with Crippen molar-refractivity contribution in [3.8, 4) is 5.75 Å². The van der Waals surface area contributed by atoms with Crippen LogP contribution in [-0.2, 0) is 0 Å². The molecule has 2 aliphatic rings. The third-order valence-electron chi connectivity index (χ3n) is 6.16. The van der Waals surface area contributed by atoms with Crippen LogP contribution in [0.5, 0.6) is 5.75 Å². The Labute approximate surface area is 184 Å². The van der Waals surface area contributed by atoms with E-state index in [4.69, 9.17) is 16.3 Å². The highest BCUT2D eigenvalue weighted by Gasteiger charge is 2.39. The normalized spacial score (nSPS) is 20.4. The minimum Gasteiger partial charge on any atom is -0.496 e. The molecule has 0 bridgehead atoms. The van der Waals surface area contributed by atoms with Gasteiger partial charge < -0.3 is 10.1 Å². The zero-order valence-corrected chi connectivity index (χ0v) is 19.3. The van der Waals surface area contributed by atoms with Crippen LogP contribution in [0, 0.1) is 0 Å². The van der Waals surface area contributed by atoms with E-state index in [2.05, 4.69) is 21.4 Å². The molecule has 5 nitrogen and oxygen atoms in total. The van der Waals surface area contributed by atoms with E-state index >= 15 is 0 Å². The van der Waals surface area contributed by atoms with E-state index in [1.54, 1.807) is 25.3 Å². The Kier molecular flexibility index (Phi) is 8.54. The summed E-state index contributed by atoms with van der Waals surface area (Å²) in [6.07, 6.45) is 7.32. The summed E-state index contributed by atoms with van der Waals surface area (Å²) in [5.74, 6) is 1.64. The Morgan fingerprint density at radius 1 is 1.21 bits per heavy atom. The fraction of sp³-hybridized carbons (Fsp3) is 0.682. The van der Waals surface area contributed by atoms with E-state index in [9.17, 15) is 4.79 Å². The zero-order chi connectivity index (χ0) is 20.7. The third kappa shape index (κ3) is 5.81. The molecule has 7 heteroatoms. The summed E-state index contributed by atoms with van der Waals surface area (Å²) in [6, 6.07) is 5.18. The topological polar surface area (TPSA) is 44.8 Å². The standard InChI is InChI=1S/C22H34ClN3O2S/c1-3-15-29-26-13-11-25(12-14-26)22(9-5-4-6-10-22)17-24-21(27)19-8-7-18(23)16-20(19)28-2/h7-8,16H,3-6,9-15,17H2,1-2H3,(H,24,27). The van der Waals surface area contributed by atoms with Gasteiger partial charge in [-0.25, -0.2) is 4.31 Å². The smallest absolute Gasteiger partial charge is 0.255 e. The molecule has 29 heavy (non-hydrogen) atoms. The van der Waals surface area contributed by atoms with Gasteiger partial charge in [0.05, 0.1) is 12.7 Å². The van der Waals surface area contributed by atoms with Crippen LogP contribution >= 0.6 is 23.5 Å². The summed E-state index contributed by atoms with van der Waals surface area (Å²) in [6.45, 7) is 7.29. The molecule has 0 spiro atoms. The fourth-order valence-electron chi connectivity index (χ4n) is 4.52. The highest BCUT2D eigenvalue weighted by atomic mass is 35.5. The van der Waals surface area contributed by atoms with Gasteiger partial charge in [-0.15, -0.1) is 0 Å². The van der Waals surface area contributed by atoms with Crippen molar-refractivity contribution in [3.63, 3.8) is 0 Å². The van der Waals surface area contributed by atoms with E-state index in [1.807, 2.05) is 11.9 Å². The zero-order valence-electron chi connectivity index (χ0n) is 17.7. The lowest BCUT2D eigenvalue weighted by Gasteiger charge is -2.49. The number of rotatable bonds is 8. The summed E-state index contributed by atoms with van der Waals surface area (Å²) in [5, 5.41) is 3.79. The number of carbonyl (C=O) groups excluding carboxylic acids is 1. The second-order valence-corrected chi connectivity index (χ2v) is 9.68. The van der Waals surface area contributed by atoms with Crippen molar-refractivity contribution < 1.29 is 9.53 Å². The first-order chi connectivity index (χ1) is 14.1. The first-order valence-electron chi connectivity index (χ1n) is 10.8. The number of nitrogens with one attached hydrogen (secondary N) is 1. The molecule has 0 atom stereocenters. The molecule has 1 saturated carbocycles. The average Bonchev–Trinajstić information content (AvgIpc) is 2.77. The number of nitrogens with zero attached hydrogens (tertiary/aromatic N) is 2. The van der Waals surface area contributed by atoms with Crippen LogP contribution in [0.4, 0.5) is 0 Å². The Hall–Kier alpha value is -0.950. The fourth-order valence-corrected chi connectivity index (χ4v) is 5.54. The molecular weight excluding hydrogens is 406 g/mol. The second kappa shape index (κ2) is 10.9. The van der Waals surface area contributed by atoms with E-state index in [0.717, 1.165) is 39.0 Å². The molecule has 1 aliphatic heterocycles. The van der Waals surface area contributed by atoms with Crippen LogP contribution < -0.4 is 10.1 Å². The molecule has 1 amide bonds. The molecule has 1 heterocycles. The minimum atomic E-state index is -0.0828. The number of methoxy groups -OCH3 is 1. The maximum atomic E-state index is 12.9. The molecule has 3 rings (SSSR count). The average molecular weight is 440 g/mol. The second-order valence-electron chi connectivity index (χ2n) is 8.06. The van der Waals surface area contributed by atoms with Crippen LogP contribution in [0.1, 0.15) is 55.8 Å². The van der Waals surface area contributed by atoms with Gasteiger partial charge in [-0.05, 0) is 37.5 Å². The summed E-state index contributed by atoms with van der Waals surface area (Å²) in [5.41, 5.74) is 0.623. The largest absolute Gasteiger partial charge is 0.496 e. The first-order valence-corrected chi connectivity index (χ1v) is 12.1. The monoisotopic (exact) mass is 439 g/mol. The van der Waals surface area contributed by atoms with Crippen molar-refractivity contribution in [2.24, 2.45) is 0 Å². The van der Waals surface area contributed by atoms with Gasteiger partial charge in [0, 0.05) is 49.0 Å². The van der Waals surface area contributed by atoms with E-state index in [-0.39, 0.29) is 11.4 Å². The predicted molar refractivity (Wildman–Crippen MR) is 122 cm³/mol. The Morgan fingerprint density at radius 2 is 1.93 bits per heavy atom. The van der Waals surface area contributed by atoms with E-state index < -0.39 is 0 Å². The number of hydrogen-bond acceptors (Lipinski definition) is 5. The van der Waals surface area contributed by atoms with Crippen molar-refractivity contribution >= 4 is 29.5 Å². The molecule has 2 fully saturated rings. The van der Waals surface area contributed by atoms with Crippen molar-refractivity contribution in [3.05, 3.63) is 28.8 Å². The number of hydrogen-bond donors (Lipinski definition) is 1. The molecule has 0 aromatic heterocycles. The number of benzene rings is 1. The summed E-state index contributed by atoms with van der Waals surface area (Å²) in [7, 11) is 1.57. The van der Waals surface area contributed by atoms with Gasteiger partial charge in [0.25, 0.3) is 5.91 Å². The Balaban J connectivity index is 1.64. The molecule has 1 aliphatic carbocycles. The van der Waals surface area contributed by atoms with Gasteiger partial charge in [0.2, 0.25) is 0 Å². The number of halogens is 1. The third-order valence-corrected chi connectivity index (χ3v) is 7.71. The van der Waals surface area contributed by atoms with Crippen LogP contribution in [0.15, 0.2) is 18.2 Å². The van der Waals surface area contributed by atoms with E-state index in [0.29, 0.717) is 22.9 Å². The van der Waals surface area contributed by atoms with Gasteiger partial charge in [-0.3, -0.25) is 9.69 Å². The highest BCUT2D eigenvalue weighted by Crippen LogP contribution is 2.35. The summed E-state index contributed by atoms with van der Waals surface area (Å²) in [4.78, 5) is 15.6. The van der Waals surface area contributed by atoms with Crippen LogP contribution in [0.2, 0.25) is 5.02 Å². The lowest BCUT2D eigenvalue weighted by molar-refractivity contribution is 0.0256. The number of ether oxygens (including phenoxy) is 1. The molecule has 1 N–H and O–H groups in total. The number of amides is 1. The quantitative estimate of drug-likeness (QED) is 0.606.